The molecule has 0 aromatic heterocycles. The third kappa shape index (κ3) is 3.60. The Balaban J connectivity index is 2.28. The molecule has 0 unspecified atom stereocenters. The number of halogens is 2. The molecular formula is C13H16Br2O3S. The van der Waals surface area contributed by atoms with Gasteiger partial charge in [0.05, 0.1) is 10.6 Å². The maximum Gasteiger partial charge on any atom is 0.180 e. The van der Waals surface area contributed by atoms with Crippen LogP contribution in [0.25, 0.3) is 0 Å². The Bertz CT molecular complexity index is 537. The minimum absolute atomic E-state index is 0.164. The zero-order valence-electron chi connectivity index (χ0n) is 10.4. The van der Waals surface area contributed by atoms with Crippen molar-refractivity contribution in [3.8, 4) is 0 Å². The Morgan fingerprint density at radius 3 is 2.42 bits per heavy atom. The lowest BCUT2D eigenvalue weighted by molar-refractivity contribution is 0.0367. The first-order chi connectivity index (χ1) is 8.99. The van der Waals surface area contributed by atoms with Crippen LogP contribution in [0.4, 0.5) is 0 Å². The first-order valence-electron chi connectivity index (χ1n) is 6.10. The third-order valence-corrected chi connectivity index (χ3v) is 7.67. The second kappa shape index (κ2) is 6.24. The summed E-state index contributed by atoms with van der Waals surface area (Å²) in [5.41, 5.74) is -0.216. The molecule has 1 aromatic rings. The zero-order chi connectivity index (χ0) is 13.9. The lowest BCUT2D eigenvalue weighted by atomic mass is 9.85. The Hall–Kier alpha value is 0.0900. The molecule has 0 radical (unpaired) electrons. The van der Waals surface area contributed by atoms with Gasteiger partial charge in [-0.3, -0.25) is 0 Å². The van der Waals surface area contributed by atoms with Crippen molar-refractivity contribution < 1.29 is 13.2 Å². The van der Waals surface area contributed by atoms with E-state index in [1.165, 1.54) is 0 Å². The van der Waals surface area contributed by atoms with Crippen molar-refractivity contribution in [1.82, 2.24) is 0 Å². The van der Waals surface area contributed by atoms with E-state index in [2.05, 4.69) is 31.9 Å². The van der Waals surface area contributed by atoms with Gasteiger partial charge in [0.15, 0.2) is 9.84 Å². The van der Waals surface area contributed by atoms with Crippen LogP contribution in [0.3, 0.4) is 0 Å². The molecule has 0 atom stereocenters. The molecule has 1 heterocycles. The SMILES string of the molecule is O=S(=O)(CC1(CBr)CCOCC1)c1ccccc1Br. The molecule has 0 N–H and O–H groups in total. The summed E-state index contributed by atoms with van der Waals surface area (Å²) in [6.45, 7) is 1.27. The van der Waals surface area contributed by atoms with Crippen LogP contribution >= 0.6 is 31.9 Å². The predicted molar refractivity (Wildman–Crippen MR) is 82.5 cm³/mol. The highest BCUT2D eigenvalue weighted by molar-refractivity contribution is 9.10. The van der Waals surface area contributed by atoms with E-state index in [9.17, 15) is 8.42 Å². The van der Waals surface area contributed by atoms with Crippen LogP contribution in [0.2, 0.25) is 0 Å². The number of ether oxygens (including phenoxy) is 1. The van der Waals surface area contributed by atoms with E-state index in [0.29, 0.717) is 27.9 Å². The molecule has 0 aliphatic carbocycles. The van der Waals surface area contributed by atoms with Gasteiger partial charge in [-0.15, -0.1) is 0 Å². The fraction of sp³-hybridized carbons (Fsp3) is 0.538. The molecule has 1 aliphatic heterocycles. The quantitative estimate of drug-likeness (QED) is 0.713. The fourth-order valence-corrected chi connectivity index (χ4v) is 6.35. The van der Waals surface area contributed by atoms with Crippen molar-refractivity contribution in [2.24, 2.45) is 5.41 Å². The molecule has 1 saturated heterocycles. The average molecular weight is 412 g/mol. The van der Waals surface area contributed by atoms with E-state index in [1.54, 1.807) is 18.2 Å². The number of benzene rings is 1. The van der Waals surface area contributed by atoms with Gasteiger partial charge in [-0.05, 0) is 46.3 Å². The van der Waals surface area contributed by atoms with Gasteiger partial charge in [0.25, 0.3) is 0 Å². The first kappa shape index (κ1) is 15.5. The fourth-order valence-electron chi connectivity index (χ4n) is 2.30. The summed E-state index contributed by atoms with van der Waals surface area (Å²) in [4.78, 5) is 0.377. The van der Waals surface area contributed by atoms with Crippen LogP contribution in [-0.2, 0) is 14.6 Å². The second-order valence-electron chi connectivity index (χ2n) is 4.94. The molecule has 0 saturated carbocycles. The smallest absolute Gasteiger partial charge is 0.180 e. The number of sulfone groups is 1. The minimum Gasteiger partial charge on any atom is -0.381 e. The van der Waals surface area contributed by atoms with Crippen molar-refractivity contribution in [1.29, 1.82) is 0 Å². The van der Waals surface area contributed by atoms with E-state index < -0.39 is 9.84 Å². The van der Waals surface area contributed by atoms with Gasteiger partial charge in [-0.1, -0.05) is 28.1 Å². The van der Waals surface area contributed by atoms with Gasteiger partial charge in [-0.2, -0.15) is 0 Å². The first-order valence-corrected chi connectivity index (χ1v) is 9.67. The van der Waals surface area contributed by atoms with Gasteiger partial charge in [0, 0.05) is 23.0 Å². The lowest BCUT2D eigenvalue weighted by Crippen LogP contribution is -2.37. The zero-order valence-corrected chi connectivity index (χ0v) is 14.4. The Kier molecular flexibility index (Phi) is 5.09. The summed E-state index contributed by atoms with van der Waals surface area (Å²) < 4.78 is 31.2. The average Bonchev–Trinajstić information content (AvgIpc) is 2.39. The van der Waals surface area contributed by atoms with E-state index in [4.69, 9.17) is 4.74 Å². The van der Waals surface area contributed by atoms with Crippen molar-refractivity contribution in [2.75, 3.05) is 24.3 Å². The van der Waals surface area contributed by atoms with Crippen LogP contribution in [0.1, 0.15) is 12.8 Å². The molecule has 3 nitrogen and oxygen atoms in total. The van der Waals surface area contributed by atoms with Crippen LogP contribution < -0.4 is 0 Å². The number of alkyl halides is 1. The summed E-state index contributed by atoms with van der Waals surface area (Å²) in [6, 6.07) is 6.98. The van der Waals surface area contributed by atoms with Gasteiger partial charge < -0.3 is 4.74 Å². The van der Waals surface area contributed by atoms with E-state index in [1.807, 2.05) is 6.07 Å². The largest absolute Gasteiger partial charge is 0.381 e. The maximum atomic E-state index is 12.6. The maximum absolute atomic E-state index is 12.6. The summed E-state index contributed by atoms with van der Waals surface area (Å²) in [7, 11) is -3.29. The van der Waals surface area contributed by atoms with E-state index in [-0.39, 0.29) is 11.2 Å². The van der Waals surface area contributed by atoms with Gasteiger partial charge in [0.2, 0.25) is 0 Å². The molecule has 1 aromatic carbocycles. The minimum atomic E-state index is -3.29. The van der Waals surface area contributed by atoms with Crippen molar-refractivity contribution >= 4 is 41.7 Å². The highest BCUT2D eigenvalue weighted by Crippen LogP contribution is 2.36. The van der Waals surface area contributed by atoms with Crippen LogP contribution in [0, 0.1) is 5.41 Å². The molecule has 0 bridgehead atoms. The van der Waals surface area contributed by atoms with E-state index >= 15 is 0 Å². The standard InChI is InChI=1S/C13H16Br2O3S/c14-9-13(5-7-18-8-6-13)10-19(16,17)12-4-2-1-3-11(12)15/h1-4H,5-10H2. The molecule has 0 amide bonds. The molecule has 1 fully saturated rings. The molecule has 2 rings (SSSR count). The molecule has 1 aliphatic rings. The molecule has 106 valence electrons. The Labute approximate surface area is 130 Å². The Morgan fingerprint density at radius 1 is 1.21 bits per heavy atom. The monoisotopic (exact) mass is 410 g/mol. The molecule has 6 heteroatoms. The van der Waals surface area contributed by atoms with Gasteiger partial charge >= 0.3 is 0 Å². The Morgan fingerprint density at radius 2 is 1.84 bits per heavy atom. The van der Waals surface area contributed by atoms with Crippen molar-refractivity contribution in [2.45, 2.75) is 17.7 Å². The van der Waals surface area contributed by atoms with Crippen molar-refractivity contribution in [3.05, 3.63) is 28.7 Å². The van der Waals surface area contributed by atoms with Crippen LogP contribution in [0.5, 0.6) is 0 Å². The van der Waals surface area contributed by atoms with Crippen molar-refractivity contribution in [3.63, 3.8) is 0 Å². The highest BCUT2D eigenvalue weighted by atomic mass is 79.9. The topological polar surface area (TPSA) is 43.4 Å². The predicted octanol–water partition coefficient (Wildman–Crippen LogP) is 3.41. The molecule has 0 spiro atoms. The third-order valence-electron chi connectivity index (χ3n) is 3.50. The van der Waals surface area contributed by atoms with Gasteiger partial charge in [-0.25, -0.2) is 8.42 Å². The van der Waals surface area contributed by atoms with Gasteiger partial charge in [0.1, 0.15) is 0 Å². The number of hydrogen-bond acceptors (Lipinski definition) is 3. The second-order valence-corrected chi connectivity index (χ2v) is 8.31. The highest BCUT2D eigenvalue weighted by Gasteiger charge is 2.37. The summed E-state index contributed by atoms with van der Waals surface area (Å²) in [6.07, 6.45) is 1.56. The lowest BCUT2D eigenvalue weighted by Gasteiger charge is -2.35. The van der Waals surface area contributed by atoms with Crippen LogP contribution in [-0.4, -0.2) is 32.7 Å². The molecule has 19 heavy (non-hydrogen) atoms. The summed E-state index contributed by atoms with van der Waals surface area (Å²) >= 11 is 6.80. The number of rotatable bonds is 4. The summed E-state index contributed by atoms with van der Waals surface area (Å²) in [5, 5.41) is 0.688. The van der Waals surface area contributed by atoms with Crippen LogP contribution in [0.15, 0.2) is 33.6 Å². The molecular weight excluding hydrogens is 396 g/mol. The number of hydrogen-bond donors (Lipinski definition) is 0. The van der Waals surface area contributed by atoms with E-state index in [0.717, 1.165) is 12.8 Å². The summed E-state index contributed by atoms with van der Waals surface area (Å²) in [5.74, 6) is 0.164. The normalized spacial score (nSPS) is 19.3.